The van der Waals surface area contributed by atoms with E-state index >= 15 is 0 Å². The van der Waals surface area contributed by atoms with E-state index in [0.717, 1.165) is 26.2 Å². The predicted octanol–water partition coefficient (Wildman–Crippen LogP) is 0.781. The fourth-order valence-corrected chi connectivity index (χ4v) is 2.26. The predicted molar refractivity (Wildman–Crippen MR) is 58.6 cm³/mol. The number of hydrogen-bond donors (Lipinski definition) is 1. The summed E-state index contributed by atoms with van der Waals surface area (Å²) in [6.07, 6.45) is 5.76. The lowest BCUT2D eigenvalue weighted by Crippen LogP contribution is -2.45. The molecule has 4 heteroatoms. The largest absolute Gasteiger partial charge is 0.374 e. The van der Waals surface area contributed by atoms with E-state index in [1.54, 1.807) is 0 Å². The van der Waals surface area contributed by atoms with Gasteiger partial charge in [-0.05, 0) is 19.9 Å². The molecule has 1 unspecified atom stereocenters. The van der Waals surface area contributed by atoms with Crippen LogP contribution in [0.15, 0.2) is 0 Å². The van der Waals surface area contributed by atoms with E-state index in [0.29, 0.717) is 6.10 Å². The Balaban J connectivity index is 1.56. The van der Waals surface area contributed by atoms with Gasteiger partial charge in [0, 0.05) is 19.6 Å². The molecule has 15 heavy (non-hydrogen) atoms. The van der Waals surface area contributed by atoms with E-state index in [9.17, 15) is 0 Å². The number of morpholine rings is 1. The first-order valence-corrected chi connectivity index (χ1v) is 6.03. The zero-order valence-corrected chi connectivity index (χ0v) is 9.58. The maximum absolute atomic E-state index is 5.63. The Morgan fingerprint density at radius 3 is 2.93 bits per heavy atom. The van der Waals surface area contributed by atoms with Crippen LogP contribution in [-0.2, 0) is 9.57 Å². The Bertz CT molecular complexity index is 183. The van der Waals surface area contributed by atoms with Gasteiger partial charge < -0.3 is 9.64 Å². The minimum atomic E-state index is 0.283. The summed E-state index contributed by atoms with van der Waals surface area (Å²) in [5, 5.41) is 0. The normalized spacial score (nSPS) is 29.8. The third kappa shape index (κ3) is 3.72. The van der Waals surface area contributed by atoms with Gasteiger partial charge in [-0.1, -0.05) is 12.8 Å². The summed E-state index contributed by atoms with van der Waals surface area (Å²) in [7, 11) is 2.13. The number of rotatable bonds is 4. The second kappa shape index (κ2) is 5.80. The zero-order chi connectivity index (χ0) is 10.5. The van der Waals surface area contributed by atoms with Crippen LogP contribution >= 0.6 is 0 Å². The average molecular weight is 214 g/mol. The SMILES string of the molecule is CN1CCOC(CNOC2CCCC2)C1. The van der Waals surface area contributed by atoms with Crippen LogP contribution in [0.3, 0.4) is 0 Å². The molecule has 1 atom stereocenters. The first-order valence-electron chi connectivity index (χ1n) is 6.03. The van der Waals surface area contributed by atoms with E-state index < -0.39 is 0 Å². The summed E-state index contributed by atoms with van der Waals surface area (Å²) in [5.41, 5.74) is 3.07. The molecule has 88 valence electrons. The molecule has 0 aromatic carbocycles. The van der Waals surface area contributed by atoms with Gasteiger partial charge in [0.25, 0.3) is 0 Å². The Hall–Kier alpha value is -0.160. The molecule has 0 aromatic rings. The van der Waals surface area contributed by atoms with Crippen LogP contribution in [0.25, 0.3) is 0 Å². The van der Waals surface area contributed by atoms with E-state index in [2.05, 4.69) is 17.4 Å². The number of ether oxygens (including phenoxy) is 1. The fourth-order valence-electron chi connectivity index (χ4n) is 2.26. The Morgan fingerprint density at radius 2 is 2.20 bits per heavy atom. The lowest BCUT2D eigenvalue weighted by atomic mass is 10.3. The van der Waals surface area contributed by atoms with Gasteiger partial charge in [-0.2, -0.15) is 5.48 Å². The fraction of sp³-hybridized carbons (Fsp3) is 1.00. The van der Waals surface area contributed by atoms with Crippen LogP contribution in [0.2, 0.25) is 0 Å². The van der Waals surface area contributed by atoms with Gasteiger partial charge in [0.2, 0.25) is 0 Å². The number of nitrogens with zero attached hydrogens (tertiary/aromatic N) is 1. The van der Waals surface area contributed by atoms with Gasteiger partial charge in [0.05, 0.1) is 18.8 Å². The zero-order valence-electron chi connectivity index (χ0n) is 9.58. The first-order chi connectivity index (χ1) is 7.34. The molecule has 1 heterocycles. The highest BCUT2D eigenvalue weighted by Gasteiger charge is 2.19. The van der Waals surface area contributed by atoms with Gasteiger partial charge in [-0.15, -0.1) is 0 Å². The molecular weight excluding hydrogens is 192 g/mol. The lowest BCUT2D eigenvalue weighted by molar-refractivity contribution is -0.0711. The van der Waals surface area contributed by atoms with Gasteiger partial charge in [-0.25, -0.2) is 0 Å². The van der Waals surface area contributed by atoms with Crippen LogP contribution in [0.5, 0.6) is 0 Å². The molecule has 0 spiro atoms. The Morgan fingerprint density at radius 1 is 1.40 bits per heavy atom. The van der Waals surface area contributed by atoms with E-state index in [4.69, 9.17) is 9.57 Å². The second-order valence-corrected chi connectivity index (χ2v) is 4.63. The van der Waals surface area contributed by atoms with Crippen LogP contribution in [0.1, 0.15) is 25.7 Å². The minimum absolute atomic E-state index is 0.283. The summed E-state index contributed by atoms with van der Waals surface area (Å²) in [5.74, 6) is 0. The highest BCUT2D eigenvalue weighted by molar-refractivity contribution is 4.70. The van der Waals surface area contributed by atoms with Crippen molar-refractivity contribution < 1.29 is 9.57 Å². The van der Waals surface area contributed by atoms with Crippen molar-refractivity contribution in [2.75, 3.05) is 33.3 Å². The highest BCUT2D eigenvalue weighted by Crippen LogP contribution is 2.19. The summed E-state index contributed by atoms with van der Waals surface area (Å²) in [4.78, 5) is 7.89. The van der Waals surface area contributed by atoms with E-state index in [1.807, 2.05) is 0 Å². The molecule has 2 rings (SSSR count). The molecule has 0 bridgehead atoms. The summed E-state index contributed by atoms with van der Waals surface area (Å²) in [6, 6.07) is 0. The molecule has 2 aliphatic rings. The molecule has 0 radical (unpaired) electrons. The van der Waals surface area contributed by atoms with Crippen LogP contribution < -0.4 is 5.48 Å². The van der Waals surface area contributed by atoms with Crippen molar-refractivity contribution in [1.82, 2.24) is 10.4 Å². The Kier molecular flexibility index (Phi) is 4.38. The first kappa shape index (κ1) is 11.3. The molecule has 1 aliphatic carbocycles. The molecular formula is C11H22N2O2. The Labute approximate surface area is 91.9 Å². The molecule has 1 N–H and O–H groups in total. The molecule has 4 nitrogen and oxygen atoms in total. The quantitative estimate of drug-likeness (QED) is 0.701. The lowest BCUT2D eigenvalue weighted by Gasteiger charge is -2.30. The number of hydroxylamine groups is 1. The standard InChI is InChI=1S/C11H22N2O2/c1-13-6-7-14-11(9-13)8-12-15-10-4-2-3-5-10/h10-12H,2-9H2,1H3. The maximum atomic E-state index is 5.63. The van der Waals surface area contributed by atoms with Crippen molar-refractivity contribution >= 4 is 0 Å². The molecule has 2 fully saturated rings. The maximum Gasteiger partial charge on any atom is 0.0849 e. The monoisotopic (exact) mass is 214 g/mol. The summed E-state index contributed by atoms with van der Waals surface area (Å²) < 4.78 is 5.63. The molecule has 1 saturated carbocycles. The van der Waals surface area contributed by atoms with E-state index in [-0.39, 0.29) is 6.10 Å². The van der Waals surface area contributed by atoms with Gasteiger partial charge in [-0.3, -0.25) is 4.84 Å². The number of likely N-dealkylation sites (N-methyl/N-ethyl adjacent to an activating group) is 1. The van der Waals surface area contributed by atoms with Crippen molar-refractivity contribution in [2.45, 2.75) is 37.9 Å². The van der Waals surface area contributed by atoms with Crippen LogP contribution in [0.4, 0.5) is 0 Å². The topological polar surface area (TPSA) is 33.7 Å². The van der Waals surface area contributed by atoms with Crippen molar-refractivity contribution in [1.29, 1.82) is 0 Å². The third-order valence-corrected chi connectivity index (χ3v) is 3.21. The van der Waals surface area contributed by atoms with Crippen molar-refractivity contribution in [3.63, 3.8) is 0 Å². The van der Waals surface area contributed by atoms with Crippen LogP contribution in [0, 0.1) is 0 Å². The smallest absolute Gasteiger partial charge is 0.0849 e. The number of nitrogens with one attached hydrogen (secondary N) is 1. The third-order valence-electron chi connectivity index (χ3n) is 3.21. The number of hydrogen-bond acceptors (Lipinski definition) is 4. The minimum Gasteiger partial charge on any atom is -0.374 e. The van der Waals surface area contributed by atoms with Crippen molar-refractivity contribution in [3.8, 4) is 0 Å². The highest BCUT2D eigenvalue weighted by atomic mass is 16.7. The van der Waals surface area contributed by atoms with Gasteiger partial charge in [0.15, 0.2) is 0 Å². The molecule has 1 saturated heterocycles. The molecule has 1 aliphatic heterocycles. The second-order valence-electron chi connectivity index (χ2n) is 4.63. The van der Waals surface area contributed by atoms with Gasteiger partial charge in [0.1, 0.15) is 0 Å². The average Bonchev–Trinajstić information content (AvgIpc) is 2.71. The van der Waals surface area contributed by atoms with Crippen molar-refractivity contribution in [2.24, 2.45) is 0 Å². The molecule has 0 amide bonds. The molecule has 0 aromatic heterocycles. The van der Waals surface area contributed by atoms with E-state index in [1.165, 1.54) is 25.7 Å². The van der Waals surface area contributed by atoms with Crippen molar-refractivity contribution in [3.05, 3.63) is 0 Å². The van der Waals surface area contributed by atoms with Gasteiger partial charge >= 0.3 is 0 Å². The summed E-state index contributed by atoms with van der Waals surface area (Å²) >= 11 is 0. The summed E-state index contributed by atoms with van der Waals surface area (Å²) in [6.45, 7) is 3.69. The van der Waals surface area contributed by atoms with Crippen LogP contribution in [-0.4, -0.2) is 50.4 Å².